The van der Waals surface area contributed by atoms with Crippen molar-refractivity contribution in [1.29, 1.82) is 0 Å². The van der Waals surface area contributed by atoms with Gasteiger partial charge in [-0.3, -0.25) is 0 Å². The van der Waals surface area contributed by atoms with Gasteiger partial charge in [0.25, 0.3) is 0 Å². The Morgan fingerprint density at radius 1 is 1.07 bits per heavy atom. The third kappa shape index (κ3) is 7.39. The number of hydrogen-bond donors (Lipinski definition) is 1. The lowest BCUT2D eigenvalue weighted by molar-refractivity contribution is 0.00721. The Bertz CT molecular complexity index is 1400. The summed E-state index contributed by atoms with van der Waals surface area (Å²) in [4.78, 5) is 34.3. The van der Waals surface area contributed by atoms with E-state index in [0.29, 0.717) is 41.8 Å². The number of aromatic nitrogens is 3. The Labute approximate surface area is 241 Å². The normalized spacial score (nSPS) is 16.1. The largest absolute Gasteiger partial charge is 0.472 e. The van der Waals surface area contributed by atoms with E-state index in [9.17, 15) is 9.59 Å². The van der Waals surface area contributed by atoms with Crippen molar-refractivity contribution in [2.45, 2.75) is 91.5 Å². The first-order valence-electron chi connectivity index (χ1n) is 14.0. The van der Waals surface area contributed by atoms with Gasteiger partial charge >= 0.3 is 12.2 Å². The molecule has 1 aliphatic heterocycles. The summed E-state index contributed by atoms with van der Waals surface area (Å²) in [7, 11) is 0. The Hall–Kier alpha value is -4.02. The molecular weight excluding hydrogens is 524 g/mol. The fraction of sp³-hybridized carbons (Fsp3) is 0.533. The van der Waals surface area contributed by atoms with Crippen molar-refractivity contribution in [3.05, 3.63) is 42.1 Å². The zero-order valence-electron chi connectivity index (χ0n) is 25.3. The van der Waals surface area contributed by atoms with Gasteiger partial charge in [-0.2, -0.15) is 14.6 Å². The van der Waals surface area contributed by atoms with E-state index in [0.717, 1.165) is 18.4 Å². The van der Waals surface area contributed by atoms with E-state index < -0.39 is 17.3 Å². The van der Waals surface area contributed by atoms with Crippen molar-refractivity contribution in [3.63, 3.8) is 0 Å². The van der Waals surface area contributed by atoms with Gasteiger partial charge in [-0.05, 0) is 78.5 Å². The number of nitrogens with two attached hydrogens (primary N) is 1. The minimum absolute atomic E-state index is 0.114. The molecule has 1 fully saturated rings. The van der Waals surface area contributed by atoms with Crippen molar-refractivity contribution in [1.82, 2.24) is 19.5 Å². The molecule has 11 nitrogen and oxygen atoms in total. The summed E-state index contributed by atoms with van der Waals surface area (Å²) < 4.78 is 19.4. The van der Waals surface area contributed by atoms with Crippen LogP contribution in [-0.4, -0.2) is 62.1 Å². The summed E-state index contributed by atoms with van der Waals surface area (Å²) >= 11 is 0. The maximum absolute atomic E-state index is 13.7. The Morgan fingerprint density at radius 3 is 2.41 bits per heavy atom. The number of amides is 2. The highest BCUT2D eigenvalue weighted by Crippen LogP contribution is 2.34. The lowest BCUT2D eigenvalue weighted by atomic mass is 10.1. The molecule has 222 valence electrons. The molecule has 1 atom stereocenters. The highest BCUT2D eigenvalue weighted by atomic mass is 16.6. The predicted molar refractivity (Wildman–Crippen MR) is 158 cm³/mol. The second-order valence-electron chi connectivity index (χ2n) is 12.7. The highest BCUT2D eigenvalue weighted by Gasteiger charge is 2.31. The molecule has 0 aliphatic carbocycles. The van der Waals surface area contributed by atoms with Crippen LogP contribution in [0.2, 0.25) is 0 Å². The molecule has 3 heterocycles. The molecule has 0 saturated carbocycles. The fourth-order valence-electron chi connectivity index (χ4n) is 4.57. The van der Waals surface area contributed by atoms with Crippen molar-refractivity contribution < 1.29 is 23.8 Å². The van der Waals surface area contributed by atoms with Crippen molar-refractivity contribution >= 4 is 35.0 Å². The van der Waals surface area contributed by atoms with Gasteiger partial charge in [-0.25, -0.2) is 14.5 Å². The monoisotopic (exact) mass is 566 g/mol. The van der Waals surface area contributed by atoms with Gasteiger partial charge in [-0.15, -0.1) is 0 Å². The van der Waals surface area contributed by atoms with E-state index in [-0.39, 0.29) is 18.1 Å². The average molecular weight is 567 g/mol. The van der Waals surface area contributed by atoms with Crippen molar-refractivity contribution in [2.75, 3.05) is 23.7 Å². The number of hydrogen-bond acceptors (Lipinski definition) is 8. The molecule has 1 aromatic carbocycles. The van der Waals surface area contributed by atoms with E-state index in [1.165, 1.54) is 4.90 Å². The number of carbonyl (C=O) groups excluding carboxylic acids is 2. The molecule has 1 saturated heterocycles. The number of piperidine rings is 1. The smallest absolute Gasteiger partial charge is 0.420 e. The summed E-state index contributed by atoms with van der Waals surface area (Å²) in [5.41, 5.74) is 7.22. The van der Waals surface area contributed by atoms with Crippen molar-refractivity contribution in [2.24, 2.45) is 0 Å². The summed E-state index contributed by atoms with van der Waals surface area (Å²) in [6.07, 6.45) is 1.96. The first kappa shape index (κ1) is 30.0. The zero-order valence-corrected chi connectivity index (χ0v) is 25.3. The van der Waals surface area contributed by atoms with Gasteiger partial charge in [0.05, 0.1) is 18.4 Å². The van der Waals surface area contributed by atoms with E-state index >= 15 is 0 Å². The number of anilines is 3. The third-order valence-electron chi connectivity index (χ3n) is 6.33. The molecule has 2 aromatic heterocycles. The molecule has 11 heteroatoms. The Kier molecular flexibility index (Phi) is 8.37. The number of nitrogen functional groups attached to an aromatic ring is 1. The van der Waals surface area contributed by atoms with Gasteiger partial charge in [0.1, 0.15) is 17.3 Å². The minimum Gasteiger partial charge on any atom is -0.472 e. The number of ether oxygens (including phenoxy) is 3. The third-order valence-corrected chi connectivity index (χ3v) is 6.33. The van der Waals surface area contributed by atoms with Crippen LogP contribution in [-0.2, 0) is 9.47 Å². The summed E-state index contributed by atoms with van der Waals surface area (Å²) in [5.74, 6) is 0.808. The molecule has 0 radical (unpaired) electrons. The number of carbonyl (C=O) groups is 2. The van der Waals surface area contributed by atoms with E-state index in [1.54, 1.807) is 45.9 Å². The van der Waals surface area contributed by atoms with Crippen LogP contribution in [0, 0.1) is 0 Å². The molecule has 3 aromatic rings. The van der Waals surface area contributed by atoms with Crippen LogP contribution in [0.15, 0.2) is 36.5 Å². The maximum Gasteiger partial charge on any atom is 0.420 e. The predicted octanol–water partition coefficient (Wildman–Crippen LogP) is 6.29. The number of rotatable bonds is 5. The Morgan fingerprint density at radius 2 is 1.78 bits per heavy atom. The van der Waals surface area contributed by atoms with E-state index in [4.69, 9.17) is 24.9 Å². The second-order valence-corrected chi connectivity index (χ2v) is 12.7. The van der Waals surface area contributed by atoms with Gasteiger partial charge in [0, 0.05) is 23.9 Å². The molecule has 2 N–H and O–H groups in total. The topological polar surface area (TPSA) is 125 Å². The zero-order chi connectivity index (χ0) is 30.1. The molecular formula is C30H42N6O5. The summed E-state index contributed by atoms with van der Waals surface area (Å²) in [6, 6.07) is 8.66. The lowest BCUT2D eigenvalue weighted by Gasteiger charge is -2.34. The lowest BCUT2D eigenvalue weighted by Crippen LogP contribution is -2.46. The first-order valence-corrected chi connectivity index (χ1v) is 14.0. The van der Waals surface area contributed by atoms with Crippen molar-refractivity contribution in [3.8, 4) is 5.88 Å². The van der Waals surface area contributed by atoms with Crippen LogP contribution < -0.4 is 15.4 Å². The van der Waals surface area contributed by atoms with Crippen LogP contribution >= 0.6 is 0 Å². The number of likely N-dealkylation sites (tertiary alicyclic amines) is 1. The van der Waals surface area contributed by atoms with Crippen LogP contribution in [0.25, 0.3) is 5.65 Å². The van der Waals surface area contributed by atoms with Crippen LogP contribution in [0.3, 0.4) is 0 Å². The quantitative estimate of drug-likeness (QED) is 0.358. The Balaban J connectivity index is 1.77. The van der Waals surface area contributed by atoms with Gasteiger partial charge in [0.15, 0.2) is 11.5 Å². The number of nitrogens with zero attached hydrogens (tertiary/aromatic N) is 5. The summed E-state index contributed by atoms with van der Waals surface area (Å²) in [5, 5.41) is 4.59. The van der Waals surface area contributed by atoms with E-state index in [2.05, 4.69) is 18.9 Å². The summed E-state index contributed by atoms with van der Waals surface area (Å²) in [6.45, 7) is 16.0. The molecule has 2 amide bonds. The fourth-order valence-corrected chi connectivity index (χ4v) is 4.57. The molecule has 1 aliphatic rings. The van der Waals surface area contributed by atoms with E-state index in [1.807, 2.05) is 41.5 Å². The molecule has 41 heavy (non-hydrogen) atoms. The first-order chi connectivity index (χ1) is 19.1. The van der Waals surface area contributed by atoms with Gasteiger partial charge in [0.2, 0.25) is 5.88 Å². The SMILES string of the molecule is CC(C)c1cnn2c(N(C(=O)OC(C)(C)C)c3cccc(N)c3)cc(OC3CCCN(C(=O)OC(C)(C)C)C3)nc12. The average Bonchev–Trinajstić information content (AvgIpc) is 3.27. The molecule has 4 rings (SSSR count). The highest BCUT2D eigenvalue weighted by molar-refractivity contribution is 5.96. The van der Waals surface area contributed by atoms with Crippen LogP contribution in [0.5, 0.6) is 5.88 Å². The molecule has 1 unspecified atom stereocenters. The molecule has 0 bridgehead atoms. The van der Waals surface area contributed by atoms with Gasteiger partial charge < -0.3 is 24.8 Å². The second kappa shape index (κ2) is 11.5. The van der Waals surface area contributed by atoms with Crippen LogP contribution in [0.4, 0.5) is 26.8 Å². The maximum atomic E-state index is 13.7. The minimum atomic E-state index is -0.748. The molecule has 0 spiro atoms. The van der Waals surface area contributed by atoms with Gasteiger partial charge in [-0.1, -0.05) is 19.9 Å². The number of fused-ring (bicyclic) bond motifs is 1. The standard InChI is InChI=1S/C30H42N6O5/c1-19(2)23-17-32-36-25(35(28(38)41-30(6,7)8)21-12-9-11-20(31)15-21)16-24(33-26(23)36)39-22-13-10-14-34(18-22)27(37)40-29(3,4)5/h9,11-12,15-17,19,22H,10,13-14,18,31H2,1-8H3. The number of benzene rings is 1. The van der Waals surface area contributed by atoms with Crippen LogP contribution in [0.1, 0.15) is 79.7 Å².